The molecule has 1 aromatic rings. The highest BCUT2D eigenvalue weighted by Gasteiger charge is 2.60. The highest BCUT2D eigenvalue weighted by atomic mass is 32.1. The van der Waals surface area contributed by atoms with Crippen LogP contribution in [0.2, 0.25) is 0 Å². The van der Waals surface area contributed by atoms with Gasteiger partial charge in [-0.15, -0.1) is 0 Å². The number of aryl methyl sites for hydroxylation is 1. The first-order valence-corrected chi connectivity index (χ1v) is 13.1. The molecule has 0 bridgehead atoms. The van der Waals surface area contributed by atoms with E-state index >= 15 is 0 Å². The van der Waals surface area contributed by atoms with Crippen LogP contribution in [-0.2, 0) is 13.8 Å². The molecule has 2 fully saturated rings. The van der Waals surface area contributed by atoms with Gasteiger partial charge in [0.2, 0.25) is 6.54 Å². The molecule has 3 rings (SSSR count). The summed E-state index contributed by atoms with van der Waals surface area (Å²) in [6, 6.07) is 0.340. The molecule has 1 saturated carbocycles. The lowest BCUT2D eigenvalue weighted by Crippen LogP contribution is -2.41. The van der Waals surface area contributed by atoms with E-state index in [0.717, 1.165) is 0 Å². The minimum absolute atomic E-state index is 0.0513. The summed E-state index contributed by atoms with van der Waals surface area (Å²) < 4.78 is 33.0. The van der Waals surface area contributed by atoms with Crippen molar-refractivity contribution in [3.05, 3.63) is 38.3 Å². The Morgan fingerprint density at radius 3 is 2.70 bits per heavy atom. The zero-order chi connectivity index (χ0) is 25.4. The Labute approximate surface area is 204 Å². The largest absolute Gasteiger partial charge is 0.351 e. The molecule has 6 atom stereocenters. The Balaban J connectivity index is 2.01. The smallest absolute Gasteiger partial charge is 0.260 e. The molecule has 1 N–H and O–H groups in total. The van der Waals surface area contributed by atoms with Crippen LogP contribution in [-0.4, -0.2) is 51.2 Å². The summed E-state index contributed by atoms with van der Waals surface area (Å²) in [6.07, 6.45) is 1.90. The second-order valence-electron chi connectivity index (χ2n) is 9.68. The van der Waals surface area contributed by atoms with Crippen LogP contribution >= 0.6 is 20.7 Å². The molecular weight excluding hydrogens is 459 g/mol. The van der Waals surface area contributed by atoms with E-state index in [1.165, 1.54) is 0 Å². The number of fused-ring (bicyclic) bond motifs is 1. The van der Waals surface area contributed by atoms with Gasteiger partial charge in [-0.25, -0.2) is 11.2 Å². The summed E-state index contributed by atoms with van der Waals surface area (Å²) in [5.74, 6) is -0.818. The van der Waals surface area contributed by atoms with Gasteiger partial charge < -0.3 is 18.6 Å². The predicted octanol–water partition coefficient (Wildman–Crippen LogP) is 5.21. The van der Waals surface area contributed by atoms with Crippen LogP contribution in [0.15, 0.2) is 11.0 Å². The number of aromatic amines is 1. The van der Waals surface area contributed by atoms with Gasteiger partial charge in [-0.05, 0) is 65.1 Å². The van der Waals surface area contributed by atoms with Crippen molar-refractivity contribution in [1.29, 1.82) is 0 Å². The monoisotopic (exact) mass is 497 g/mol. The SMILES string of the molecule is [2H][C@]1(C)[C@@H](C)C[C@]2(OP(OCC[N+]#[C-])N(C(C)C)C(C)C)C[C@H](n3cc(C)c(=O)[nH]c3=S)O[C@@H]21. The molecule has 1 aromatic heterocycles. The minimum Gasteiger partial charge on any atom is -0.351 e. The third kappa shape index (κ3) is 5.42. The average molecular weight is 498 g/mol. The molecule has 2 heterocycles. The van der Waals surface area contributed by atoms with Gasteiger partial charge in [0.25, 0.3) is 14.1 Å². The molecule has 1 aliphatic heterocycles. The van der Waals surface area contributed by atoms with Crippen LogP contribution in [0.3, 0.4) is 0 Å². The van der Waals surface area contributed by atoms with Crippen LogP contribution in [0, 0.1) is 30.1 Å². The quantitative estimate of drug-likeness (QED) is 0.218. The zero-order valence-electron chi connectivity index (χ0n) is 21.6. The molecule has 10 heteroatoms. The molecular formula is C23H37N4O4PS. The van der Waals surface area contributed by atoms with Crippen LogP contribution in [0.4, 0.5) is 0 Å². The van der Waals surface area contributed by atoms with Crippen molar-refractivity contribution in [2.45, 2.75) is 91.3 Å². The van der Waals surface area contributed by atoms with Crippen molar-refractivity contribution >= 4 is 20.7 Å². The first-order valence-electron chi connectivity index (χ1n) is 12.0. The Morgan fingerprint density at radius 1 is 1.42 bits per heavy atom. The standard InChI is InChI=1S/C23H37N4O4PS/c1-14(2)27(15(3)4)32(29-10-9-24-8)31-23-11-16(5)18(7)20(23)30-19(12-23)26-13-17(6)21(28)25-22(26)33/h13-16,18-20H,9-12H2,1-7H3,(H,25,28,33)/t16-,18-,19+,20+,23-,32?/m0/s1/i18D. The highest BCUT2D eigenvalue weighted by molar-refractivity contribution is 7.71. The third-order valence-corrected chi connectivity index (χ3v) is 9.04. The Kier molecular flexibility index (Phi) is 8.05. The number of ether oxygens (including phenoxy) is 1. The van der Waals surface area contributed by atoms with Crippen molar-refractivity contribution in [1.82, 2.24) is 14.2 Å². The van der Waals surface area contributed by atoms with Crippen molar-refractivity contribution in [3.8, 4) is 0 Å². The number of hydrogen-bond acceptors (Lipinski definition) is 6. The molecule has 0 amide bonds. The molecule has 0 aromatic carbocycles. The van der Waals surface area contributed by atoms with E-state index in [0.29, 0.717) is 18.4 Å². The number of H-pyrrole nitrogens is 1. The Bertz CT molecular complexity index is 1030. The first kappa shape index (κ1) is 25.0. The van der Waals surface area contributed by atoms with Crippen LogP contribution < -0.4 is 5.56 Å². The van der Waals surface area contributed by atoms with Crippen molar-refractivity contribution < 1.29 is 15.2 Å². The molecule has 1 unspecified atom stereocenters. The first-order chi connectivity index (χ1) is 15.8. The second-order valence-corrected chi connectivity index (χ2v) is 11.4. The van der Waals surface area contributed by atoms with E-state index in [4.69, 9.17) is 33.9 Å². The molecule has 2 aliphatic rings. The van der Waals surface area contributed by atoms with Gasteiger partial charge in [-0.2, -0.15) is 0 Å². The number of aromatic nitrogens is 2. The Hall–Kier alpha value is -1.14. The molecule has 8 nitrogen and oxygen atoms in total. The maximum atomic E-state index is 12.0. The summed E-state index contributed by atoms with van der Waals surface area (Å²) >= 11 is 5.44. The van der Waals surface area contributed by atoms with Crippen LogP contribution in [0.1, 0.15) is 67.5 Å². The average Bonchev–Trinajstić information content (AvgIpc) is 3.16. The van der Waals surface area contributed by atoms with Crippen LogP contribution in [0.5, 0.6) is 0 Å². The fourth-order valence-electron chi connectivity index (χ4n) is 4.90. The molecule has 33 heavy (non-hydrogen) atoms. The molecule has 0 radical (unpaired) electrons. The lowest BCUT2D eigenvalue weighted by atomic mass is 9.96. The fourth-order valence-corrected chi connectivity index (χ4v) is 6.99. The van der Waals surface area contributed by atoms with E-state index in [-0.39, 0.29) is 41.5 Å². The van der Waals surface area contributed by atoms with Crippen molar-refractivity contribution in [2.75, 3.05) is 13.2 Å². The molecule has 1 saturated heterocycles. The lowest BCUT2D eigenvalue weighted by Gasteiger charge is -2.40. The van der Waals surface area contributed by atoms with Gasteiger partial charge in [0.05, 0.1) is 6.10 Å². The van der Waals surface area contributed by atoms with Crippen molar-refractivity contribution in [3.63, 3.8) is 0 Å². The maximum Gasteiger partial charge on any atom is 0.260 e. The summed E-state index contributed by atoms with van der Waals surface area (Å²) in [5, 5.41) is 0. The van der Waals surface area contributed by atoms with Gasteiger partial charge in [0.1, 0.15) is 18.4 Å². The fraction of sp³-hybridized carbons (Fsp3) is 0.783. The molecule has 184 valence electrons. The Morgan fingerprint density at radius 2 is 2.09 bits per heavy atom. The maximum absolute atomic E-state index is 12.0. The minimum atomic E-state index is -1.50. The van der Waals surface area contributed by atoms with E-state index < -0.39 is 32.4 Å². The summed E-state index contributed by atoms with van der Waals surface area (Å²) in [5.41, 5.74) is -0.419. The van der Waals surface area contributed by atoms with E-state index in [9.17, 15) is 4.79 Å². The van der Waals surface area contributed by atoms with Gasteiger partial charge in [-0.1, -0.05) is 13.8 Å². The summed E-state index contributed by atoms with van der Waals surface area (Å²) in [6.45, 7) is 21.8. The number of rotatable bonds is 9. The van der Waals surface area contributed by atoms with Gasteiger partial charge >= 0.3 is 0 Å². The normalized spacial score (nSPS) is 32.9. The number of nitrogens with zero attached hydrogens (tertiary/aromatic N) is 3. The van der Waals surface area contributed by atoms with E-state index in [1.807, 2.05) is 6.92 Å². The van der Waals surface area contributed by atoms with E-state index in [1.54, 1.807) is 17.7 Å². The third-order valence-electron chi connectivity index (χ3n) is 6.50. The van der Waals surface area contributed by atoms with Gasteiger partial charge in [0, 0.05) is 31.6 Å². The van der Waals surface area contributed by atoms with Gasteiger partial charge in [-0.3, -0.25) is 14.3 Å². The zero-order valence-corrected chi connectivity index (χ0v) is 22.3. The number of hydrogen-bond donors (Lipinski definition) is 1. The lowest BCUT2D eigenvalue weighted by molar-refractivity contribution is -0.0540. The molecule has 1 aliphatic carbocycles. The highest BCUT2D eigenvalue weighted by Crippen LogP contribution is 2.60. The van der Waals surface area contributed by atoms with Gasteiger partial charge in [0.15, 0.2) is 4.77 Å². The topological polar surface area (TPSA) is 73.1 Å². The number of nitrogens with one attached hydrogen (secondary N) is 1. The van der Waals surface area contributed by atoms with Crippen molar-refractivity contribution in [2.24, 2.45) is 11.8 Å². The molecule has 0 spiro atoms. The summed E-state index contributed by atoms with van der Waals surface area (Å²) in [4.78, 5) is 18.2. The van der Waals surface area contributed by atoms with E-state index in [2.05, 4.69) is 49.1 Å². The van der Waals surface area contributed by atoms with Crippen LogP contribution in [0.25, 0.3) is 4.85 Å². The second kappa shape index (κ2) is 10.6. The summed E-state index contributed by atoms with van der Waals surface area (Å²) in [7, 11) is -1.50. The predicted molar refractivity (Wildman–Crippen MR) is 132 cm³/mol.